The molecule has 1 heterocycles. The zero-order valence-electron chi connectivity index (χ0n) is 7.00. The molecule has 1 N–H and O–H groups in total. The molecule has 14 heavy (non-hydrogen) atoms. The average molecular weight is 290 g/mol. The summed E-state index contributed by atoms with van der Waals surface area (Å²) in [4.78, 5) is 0. The van der Waals surface area contributed by atoms with Gasteiger partial charge in [0.2, 0.25) is 0 Å². The second-order valence-corrected chi connectivity index (χ2v) is 4.80. The van der Waals surface area contributed by atoms with E-state index in [1.54, 1.807) is 23.5 Å². The molecule has 0 bridgehead atoms. The lowest BCUT2D eigenvalue weighted by Crippen LogP contribution is -1.75. The van der Waals surface area contributed by atoms with Crippen molar-refractivity contribution in [2.45, 2.75) is 0 Å². The van der Waals surface area contributed by atoms with Crippen molar-refractivity contribution < 1.29 is 5.11 Å². The number of halogens is 2. The van der Waals surface area contributed by atoms with Crippen LogP contribution in [-0.2, 0) is 0 Å². The van der Waals surface area contributed by atoms with Crippen LogP contribution in [0.25, 0.3) is 11.1 Å². The molecule has 1 nitrogen and oxygen atoms in total. The minimum absolute atomic E-state index is 0.113. The van der Waals surface area contributed by atoms with Gasteiger partial charge in [0, 0.05) is 15.4 Å². The Bertz CT molecular complexity index is 467. The van der Waals surface area contributed by atoms with E-state index in [9.17, 15) is 5.11 Å². The van der Waals surface area contributed by atoms with Crippen LogP contribution in [0.5, 0.6) is 5.75 Å². The molecule has 0 atom stereocenters. The van der Waals surface area contributed by atoms with E-state index in [1.807, 2.05) is 16.8 Å². The van der Waals surface area contributed by atoms with Crippen LogP contribution < -0.4 is 0 Å². The smallest absolute Gasteiger partial charge is 0.134 e. The van der Waals surface area contributed by atoms with E-state index >= 15 is 0 Å². The zero-order chi connectivity index (χ0) is 10.1. The van der Waals surface area contributed by atoms with Crippen molar-refractivity contribution in [3.05, 3.63) is 38.5 Å². The number of phenols is 1. The van der Waals surface area contributed by atoms with Crippen LogP contribution in [0.15, 0.2) is 33.4 Å². The van der Waals surface area contributed by atoms with Crippen molar-refractivity contribution in [3.63, 3.8) is 0 Å². The molecule has 0 unspecified atom stereocenters. The Labute approximate surface area is 99.1 Å². The minimum atomic E-state index is 0.113. The zero-order valence-corrected chi connectivity index (χ0v) is 10.2. The third-order valence-electron chi connectivity index (χ3n) is 1.87. The third kappa shape index (κ3) is 1.80. The van der Waals surface area contributed by atoms with Gasteiger partial charge >= 0.3 is 0 Å². The van der Waals surface area contributed by atoms with E-state index in [1.165, 1.54) is 0 Å². The molecule has 0 aliphatic rings. The van der Waals surface area contributed by atoms with Gasteiger partial charge in [0.15, 0.2) is 0 Å². The highest BCUT2D eigenvalue weighted by atomic mass is 79.9. The van der Waals surface area contributed by atoms with Crippen LogP contribution in [-0.4, -0.2) is 5.11 Å². The summed E-state index contributed by atoms with van der Waals surface area (Å²) < 4.78 is 1.05. The Balaban J connectivity index is 2.53. The quantitative estimate of drug-likeness (QED) is 0.817. The van der Waals surface area contributed by atoms with Gasteiger partial charge < -0.3 is 5.11 Å². The molecule has 72 valence electrons. The van der Waals surface area contributed by atoms with Crippen LogP contribution in [0.1, 0.15) is 0 Å². The van der Waals surface area contributed by atoms with Gasteiger partial charge in [-0.05, 0) is 39.0 Å². The molecular weight excluding hydrogens is 284 g/mol. The number of benzene rings is 1. The van der Waals surface area contributed by atoms with E-state index < -0.39 is 0 Å². The molecule has 2 rings (SSSR count). The van der Waals surface area contributed by atoms with Gasteiger partial charge in [-0.2, -0.15) is 11.3 Å². The molecule has 1 aromatic heterocycles. The summed E-state index contributed by atoms with van der Waals surface area (Å²) in [6.07, 6.45) is 0. The Hall–Kier alpha value is -0.510. The van der Waals surface area contributed by atoms with E-state index in [4.69, 9.17) is 11.6 Å². The highest BCUT2D eigenvalue weighted by Crippen LogP contribution is 2.35. The Morgan fingerprint density at radius 3 is 2.64 bits per heavy atom. The van der Waals surface area contributed by atoms with Crippen molar-refractivity contribution in [2.75, 3.05) is 0 Å². The first-order valence-electron chi connectivity index (χ1n) is 3.89. The molecule has 0 saturated carbocycles. The van der Waals surface area contributed by atoms with Crippen LogP contribution in [0.2, 0.25) is 5.02 Å². The molecule has 0 saturated heterocycles. The van der Waals surface area contributed by atoms with Crippen molar-refractivity contribution >= 4 is 38.9 Å². The van der Waals surface area contributed by atoms with E-state index in [0.717, 1.165) is 15.6 Å². The Morgan fingerprint density at radius 2 is 2.07 bits per heavy atom. The second-order valence-electron chi connectivity index (χ2n) is 2.80. The number of hydrogen-bond donors (Lipinski definition) is 1. The van der Waals surface area contributed by atoms with Gasteiger partial charge in [-0.15, -0.1) is 0 Å². The molecule has 4 heteroatoms. The maximum atomic E-state index is 9.27. The van der Waals surface area contributed by atoms with Crippen molar-refractivity contribution in [1.29, 1.82) is 0 Å². The Kier molecular flexibility index (Phi) is 2.81. The summed E-state index contributed by atoms with van der Waals surface area (Å²) in [5.41, 5.74) is 2.10. The summed E-state index contributed by atoms with van der Waals surface area (Å²) in [5.74, 6) is 0.113. The normalized spacial score (nSPS) is 10.4. The lowest BCUT2D eigenvalue weighted by Gasteiger charge is -2.01. The number of thiophene rings is 1. The third-order valence-corrected chi connectivity index (χ3v) is 3.88. The van der Waals surface area contributed by atoms with Crippen LogP contribution in [0, 0.1) is 0 Å². The predicted octanol–water partition coefficient (Wildman–Crippen LogP) is 4.54. The van der Waals surface area contributed by atoms with Crippen LogP contribution in [0.3, 0.4) is 0 Å². The second kappa shape index (κ2) is 3.93. The fourth-order valence-corrected chi connectivity index (χ4v) is 2.87. The minimum Gasteiger partial charge on any atom is -0.506 e. The van der Waals surface area contributed by atoms with Crippen LogP contribution in [0.4, 0.5) is 0 Å². The molecule has 2 aromatic rings. The van der Waals surface area contributed by atoms with Crippen molar-refractivity contribution in [2.24, 2.45) is 0 Å². The molecule has 0 aliphatic heterocycles. The standard InChI is InChI=1S/C10H6BrClOS/c11-8-5-14-4-7(8)6-1-2-10(13)9(12)3-6/h1-5,13H. The molecule has 0 radical (unpaired) electrons. The topological polar surface area (TPSA) is 20.2 Å². The summed E-state index contributed by atoms with van der Waals surface area (Å²) in [6.45, 7) is 0. The summed E-state index contributed by atoms with van der Waals surface area (Å²) in [5, 5.41) is 13.7. The summed E-state index contributed by atoms with van der Waals surface area (Å²) in [7, 11) is 0. The summed E-state index contributed by atoms with van der Waals surface area (Å²) in [6, 6.07) is 5.19. The highest BCUT2D eigenvalue weighted by Gasteiger charge is 2.06. The van der Waals surface area contributed by atoms with Gasteiger partial charge in [-0.3, -0.25) is 0 Å². The fourth-order valence-electron chi connectivity index (χ4n) is 1.16. The van der Waals surface area contributed by atoms with Gasteiger partial charge in [0.1, 0.15) is 5.75 Å². The first-order valence-corrected chi connectivity index (χ1v) is 6.00. The van der Waals surface area contributed by atoms with Crippen LogP contribution >= 0.6 is 38.9 Å². The molecule has 0 aliphatic carbocycles. The lowest BCUT2D eigenvalue weighted by atomic mass is 10.1. The van der Waals surface area contributed by atoms with Gasteiger partial charge in [0.25, 0.3) is 0 Å². The summed E-state index contributed by atoms with van der Waals surface area (Å²) >= 11 is 10.9. The number of phenolic OH excluding ortho intramolecular Hbond substituents is 1. The average Bonchev–Trinajstić information content (AvgIpc) is 2.57. The largest absolute Gasteiger partial charge is 0.506 e. The van der Waals surface area contributed by atoms with Crippen molar-refractivity contribution in [1.82, 2.24) is 0 Å². The maximum absolute atomic E-state index is 9.27. The molecule has 1 aromatic carbocycles. The SMILES string of the molecule is Oc1ccc(-c2cscc2Br)cc1Cl. The Morgan fingerprint density at radius 1 is 1.29 bits per heavy atom. The fraction of sp³-hybridized carbons (Fsp3) is 0. The highest BCUT2D eigenvalue weighted by molar-refractivity contribution is 9.10. The lowest BCUT2D eigenvalue weighted by molar-refractivity contribution is 0.475. The van der Waals surface area contributed by atoms with Gasteiger partial charge in [0.05, 0.1) is 5.02 Å². The monoisotopic (exact) mass is 288 g/mol. The first-order chi connectivity index (χ1) is 6.68. The first kappa shape index (κ1) is 10.0. The molecule has 0 amide bonds. The maximum Gasteiger partial charge on any atom is 0.134 e. The predicted molar refractivity (Wildman–Crippen MR) is 64.1 cm³/mol. The van der Waals surface area contributed by atoms with Gasteiger partial charge in [-0.1, -0.05) is 17.7 Å². The molecular formula is C10H6BrClOS. The van der Waals surface area contributed by atoms with E-state index in [0.29, 0.717) is 5.02 Å². The number of rotatable bonds is 1. The number of hydrogen-bond acceptors (Lipinski definition) is 2. The van der Waals surface area contributed by atoms with E-state index in [-0.39, 0.29) is 5.75 Å². The van der Waals surface area contributed by atoms with E-state index in [2.05, 4.69) is 15.9 Å². The number of aromatic hydroxyl groups is 1. The van der Waals surface area contributed by atoms with Crippen molar-refractivity contribution in [3.8, 4) is 16.9 Å². The van der Waals surface area contributed by atoms with Gasteiger partial charge in [-0.25, -0.2) is 0 Å². The molecule has 0 fully saturated rings. The molecule has 0 spiro atoms.